The molecule has 0 aliphatic carbocycles. The Morgan fingerprint density at radius 2 is 1.09 bits per heavy atom. The van der Waals surface area contributed by atoms with Crippen LogP contribution in [0.3, 0.4) is 0 Å². The SMILES string of the molecule is CCOC(=O)CCC1OB(O)c2cc(Oc3cccc(O)c3)ccc21.CCOC(=O)CCC1OB(O)c2cc(Oc3cccc(OCc4ccccc4)c3)ccc21. The average molecular weight is 774 g/mol. The Morgan fingerprint density at radius 3 is 1.61 bits per heavy atom. The molecular weight excluding hydrogens is 730 g/mol. The molecule has 2 aliphatic rings. The number of phenols is 1. The van der Waals surface area contributed by atoms with Crippen molar-refractivity contribution in [2.45, 2.75) is 58.3 Å². The van der Waals surface area contributed by atoms with Crippen LogP contribution in [0.15, 0.2) is 115 Å². The van der Waals surface area contributed by atoms with Crippen molar-refractivity contribution in [2.75, 3.05) is 13.2 Å². The van der Waals surface area contributed by atoms with E-state index < -0.39 is 14.2 Å². The zero-order valence-electron chi connectivity index (χ0n) is 31.7. The van der Waals surface area contributed by atoms with Crippen molar-refractivity contribution >= 4 is 37.1 Å². The highest BCUT2D eigenvalue weighted by atomic mass is 16.5. The molecule has 0 amide bonds. The molecule has 0 fully saturated rings. The summed E-state index contributed by atoms with van der Waals surface area (Å²) in [4.78, 5) is 23.1. The molecule has 294 valence electrons. The highest BCUT2D eigenvalue weighted by molar-refractivity contribution is 6.62. The fourth-order valence-electron chi connectivity index (χ4n) is 6.45. The van der Waals surface area contributed by atoms with Gasteiger partial charge in [-0.1, -0.05) is 54.6 Å². The average Bonchev–Trinajstić information content (AvgIpc) is 3.70. The topological polar surface area (TPSA) is 159 Å². The second kappa shape index (κ2) is 19.9. The maximum absolute atomic E-state index is 11.6. The van der Waals surface area contributed by atoms with E-state index in [0.717, 1.165) is 16.7 Å². The number of carbonyl (C=O) groups excluding carboxylic acids is 2. The van der Waals surface area contributed by atoms with Crippen LogP contribution in [0.25, 0.3) is 0 Å². The minimum absolute atomic E-state index is 0.112. The summed E-state index contributed by atoms with van der Waals surface area (Å²) in [5.74, 6) is 2.49. The van der Waals surface area contributed by atoms with Crippen molar-refractivity contribution in [3.63, 3.8) is 0 Å². The summed E-state index contributed by atoms with van der Waals surface area (Å²) in [5, 5.41) is 29.9. The number of hydrogen-bond donors (Lipinski definition) is 3. The molecule has 0 aromatic heterocycles. The Balaban J connectivity index is 0.000000199. The normalized spacial score (nSPS) is 15.2. The third kappa shape index (κ3) is 11.4. The van der Waals surface area contributed by atoms with E-state index in [1.54, 1.807) is 50.2 Å². The highest BCUT2D eigenvalue weighted by Crippen LogP contribution is 2.33. The molecule has 2 heterocycles. The number of aromatic hydroxyl groups is 1. The highest BCUT2D eigenvalue weighted by Gasteiger charge is 2.36. The Hall–Kier alpha value is -5.79. The molecule has 2 unspecified atom stereocenters. The van der Waals surface area contributed by atoms with E-state index in [1.807, 2.05) is 72.8 Å². The molecule has 0 bridgehead atoms. The molecule has 57 heavy (non-hydrogen) atoms. The molecule has 0 saturated carbocycles. The van der Waals surface area contributed by atoms with Gasteiger partial charge in [0.1, 0.15) is 41.1 Å². The summed E-state index contributed by atoms with van der Waals surface area (Å²) in [6, 6.07) is 34.6. The van der Waals surface area contributed by atoms with Crippen LogP contribution >= 0.6 is 0 Å². The first-order valence-electron chi connectivity index (χ1n) is 18.9. The predicted molar refractivity (Wildman–Crippen MR) is 213 cm³/mol. The van der Waals surface area contributed by atoms with E-state index in [9.17, 15) is 24.7 Å². The summed E-state index contributed by atoms with van der Waals surface area (Å²) >= 11 is 0. The number of phenolic OH excluding ortho intramolecular Hbond substituents is 1. The van der Waals surface area contributed by atoms with Gasteiger partial charge < -0.3 is 48.1 Å². The number of esters is 2. The fraction of sp³-hybridized carbons (Fsp3) is 0.256. The van der Waals surface area contributed by atoms with Crippen molar-refractivity contribution in [1.29, 1.82) is 0 Å². The molecule has 5 aromatic carbocycles. The third-order valence-corrected chi connectivity index (χ3v) is 9.10. The number of ether oxygens (including phenoxy) is 5. The lowest BCUT2D eigenvalue weighted by molar-refractivity contribution is -0.144. The number of carbonyl (C=O) groups is 2. The molecule has 5 aromatic rings. The summed E-state index contributed by atoms with van der Waals surface area (Å²) in [6.07, 6.45) is 0.641. The molecule has 3 N–H and O–H groups in total. The van der Waals surface area contributed by atoms with E-state index >= 15 is 0 Å². The van der Waals surface area contributed by atoms with Gasteiger partial charge in [-0.3, -0.25) is 9.59 Å². The first-order valence-corrected chi connectivity index (χ1v) is 18.9. The minimum Gasteiger partial charge on any atom is -0.508 e. The Labute approximate surface area is 332 Å². The molecule has 12 nitrogen and oxygen atoms in total. The third-order valence-electron chi connectivity index (χ3n) is 9.10. The molecule has 2 aliphatic heterocycles. The van der Waals surface area contributed by atoms with E-state index in [2.05, 4.69) is 0 Å². The Bertz CT molecular complexity index is 2110. The first kappa shape index (κ1) is 40.9. The van der Waals surface area contributed by atoms with Gasteiger partial charge in [-0.05, 0) is 103 Å². The molecule has 14 heteroatoms. The maximum atomic E-state index is 11.6. The zero-order chi connectivity index (χ0) is 40.1. The van der Waals surface area contributed by atoms with Gasteiger partial charge in [-0.2, -0.15) is 0 Å². The van der Waals surface area contributed by atoms with Gasteiger partial charge in [0, 0.05) is 25.0 Å². The summed E-state index contributed by atoms with van der Waals surface area (Å²) in [7, 11) is -2.11. The van der Waals surface area contributed by atoms with Crippen LogP contribution in [0.2, 0.25) is 0 Å². The van der Waals surface area contributed by atoms with Crippen LogP contribution in [0.4, 0.5) is 0 Å². The zero-order valence-corrected chi connectivity index (χ0v) is 31.7. The van der Waals surface area contributed by atoms with Crippen LogP contribution in [-0.2, 0) is 35.0 Å². The summed E-state index contributed by atoms with van der Waals surface area (Å²) < 4.78 is 38.6. The quantitative estimate of drug-likeness (QED) is 0.0790. The van der Waals surface area contributed by atoms with E-state index in [4.69, 9.17) is 33.0 Å². The van der Waals surface area contributed by atoms with Gasteiger partial charge in [-0.15, -0.1) is 0 Å². The lowest BCUT2D eigenvalue weighted by Crippen LogP contribution is -2.27. The van der Waals surface area contributed by atoms with Gasteiger partial charge in [0.05, 0.1) is 25.4 Å². The Morgan fingerprint density at radius 1 is 0.596 bits per heavy atom. The van der Waals surface area contributed by atoms with Crippen molar-refractivity contribution < 1.29 is 57.7 Å². The van der Waals surface area contributed by atoms with Gasteiger partial charge in [0.2, 0.25) is 0 Å². The number of rotatable bonds is 15. The monoisotopic (exact) mass is 774 g/mol. The van der Waals surface area contributed by atoms with Crippen LogP contribution in [-0.4, -0.2) is 54.5 Å². The fourth-order valence-corrected chi connectivity index (χ4v) is 6.45. The molecule has 2 atom stereocenters. The molecular formula is C43H44B2O12. The van der Waals surface area contributed by atoms with Gasteiger partial charge >= 0.3 is 26.2 Å². The molecule has 0 saturated heterocycles. The lowest BCUT2D eigenvalue weighted by atomic mass is 9.79. The van der Waals surface area contributed by atoms with Crippen molar-refractivity contribution in [3.05, 3.63) is 132 Å². The second-order valence-electron chi connectivity index (χ2n) is 13.2. The standard InChI is InChI=1S/C25H25BO6.C18H19BO6/c1-2-29-25(27)14-13-24-22-12-11-21(16-23(22)26(28)32-24)31-20-10-6-9-19(15-20)30-17-18-7-4-3-5-8-18;1-2-23-18(21)9-8-17-15-7-6-14(11-16(15)19(22)25-17)24-13-5-3-4-12(20)10-13/h3-12,15-16,24,28H,2,13-14,17H2,1H3;3-7,10-11,17,20,22H,2,8-9H2,1H3. The first-order chi connectivity index (χ1) is 27.7. The van der Waals surface area contributed by atoms with Gasteiger partial charge in [0.25, 0.3) is 0 Å². The van der Waals surface area contributed by atoms with Crippen molar-refractivity contribution in [2.24, 2.45) is 0 Å². The molecule has 0 spiro atoms. The number of hydrogen-bond acceptors (Lipinski definition) is 12. The van der Waals surface area contributed by atoms with Gasteiger partial charge in [0.15, 0.2) is 0 Å². The van der Waals surface area contributed by atoms with E-state index in [1.165, 1.54) is 6.07 Å². The summed E-state index contributed by atoms with van der Waals surface area (Å²) in [6.45, 7) is 4.70. The van der Waals surface area contributed by atoms with E-state index in [-0.39, 0.29) is 42.7 Å². The Kier molecular flexibility index (Phi) is 14.2. The second-order valence-corrected chi connectivity index (χ2v) is 13.2. The molecule has 0 radical (unpaired) electrons. The van der Waals surface area contributed by atoms with Crippen LogP contribution < -0.4 is 25.1 Å². The lowest BCUT2D eigenvalue weighted by Gasteiger charge is -2.12. The van der Waals surface area contributed by atoms with Crippen LogP contribution in [0.5, 0.6) is 34.5 Å². The van der Waals surface area contributed by atoms with Crippen LogP contribution in [0, 0.1) is 0 Å². The number of benzene rings is 5. The van der Waals surface area contributed by atoms with Gasteiger partial charge in [-0.25, -0.2) is 0 Å². The maximum Gasteiger partial charge on any atom is 0.492 e. The smallest absolute Gasteiger partial charge is 0.492 e. The number of fused-ring (bicyclic) bond motifs is 2. The van der Waals surface area contributed by atoms with E-state index in [0.29, 0.717) is 72.3 Å². The molecule has 7 rings (SSSR count). The predicted octanol–water partition coefficient (Wildman–Crippen LogP) is 6.45. The van der Waals surface area contributed by atoms with Crippen molar-refractivity contribution in [1.82, 2.24) is 0 Å². The largest absolute Gasteiger partial charge is 0.508 e. The van der Waals surface area contributed by atoms with Crippen LogP contribution in [0.1, 0.15) is 68.4 Å². The van der Waals surface area contributed by atoms with Crippen molar-refractivity contribution in [3.8, 4) is 34.5 Å². The minimum atomic E-state index is -1.06. The summed E-state index contributed by atoms with van der Waals surface area (Å²) in [5.41, 5.74) is 4.04.